The molecule has 100 valence electrons. The lowest BCUT2D eigenvalue weighted by atomic mass is 10.1. The number of hydrogen-bond donors (Lipinski definition) is 1. The molecule has 0 bridgehead atoms. The fourth-order valence-electron chi connectivity index (χ4n) is 1.74. The molecule has 0 aromatic heterocycles. The molecule has 2 aromatic rings. The highest BCUT2D eigenvalue weighted by Crippen LogP contribution is 2.33. The van der Waals surface area contributed by atoms with Gasteiger partial charge in [-0.2, -0.15) is 0 Å². The van der Waals surface area contributed by atoms with Crippen LogP contribution in [0.3, 0.4) is 0 Å². The van der Waals surface area contributed by atoms with Gasteiger partial charge in [-0.05, 0) is 43.7 Å². The Bertz CT molecular complexity index is 597. The van der Waals surface area contributed by atoms with E-state index in [1.54, 1.807) is 25.1 Å². The average Bonchev–Trinajstić information content (AvgIpc) is 2.35. The van der Waals surface area contributed by atoms with Crippen molar-refractivity contribution in [3.05, 3.63) is 57.8 Å². The first-order chi connectivity index (χ1) is 8.97. The van der Waals surface area contributed by atoms with E-state index in [1.807, 2.05) is 13.0 Å². The second kappa shape index (κ2) is 5.72. The van der Waals surface area contributed by atoms with Gasteiger partial charge in [-0.1, -0.05) is 22.0 Å². The van der Waals surface area contributed by atoms with E-state index in [1.165, 1.54) is 12.1 Å². The highest BCUT2D eigenvalue weighted by Gasteiger charge is 2.12. The van der Waals surface area contributed by atoms with Gasteiger partial charge < -0.3 is 9.84 Å². The standard InChI is InChI=1S/C15H14BrFO2/c1-9-3-5-12(17)8-15(9)19-14-6-4-11(16)7-13(14)10(2)18/h3-8,10,18H,1-2H3. The van der Waals surface area contributed by atoms with E-state index >= 15 is 0 Å². The fraction of sp³-hybridized carbons (Fsp3) is 0.200. The fourth-order valence-corrected chi connectivity index (χ4v) is 2.12. The van der Waals surface area contributed by atoms with E-state index < -0.39 is 6.10 Å². The van der Waals surface area contributed by atoms with Gasteiger partial charge in [0.05, 0.1) is 6.10 Å². The maximum atomic E-state index is 13.2. The van der Waals surface area contributed by atoms with Crippen molar-refractivity contribution < 1.29 is 14.2 Å². The quantitative estimate of drug-likeness (QED) is 0.883. The van der Waals surface area contributed by atoms with Crippen molar-refractivity contribution in [2.45, 2.75) is 20.0 Å². The summed E-state index contributed by atoms with van der Waals surface area (Å²) >= 11 is 3.35. The minimum Gasteiger partial charge on any atom is -0.457 e. The van der Waals surface area contributed by atoms with Crippen LogP contribution in [0.4, 0.5) is 4.39 Å². The van der Waals surface area contributed by atoms with E-state index in [0.717, 1.165) is 10.0 Å². The van der Waals surface area contributed by atoms with E-state index in [-0.39, 0.29) is 5.82 Å². The number of aliphatic hydroxyl groups is 1. The molecule has 2 nitrogen and oxygen atoms in total. The topological polar surface area (TPSA) is 29.5 Å². The molecule has 0 amide bonds. The van der Waals surface area contributed by atoms with Gasteiger partial charge in [0.25, 0.3) is 0 Å². The number of aliphatic hydroxyl groups excluding tert-OH is 1. The van der Waals surface area contributed by atoms with Crippen LogP contribution in [-0.2, 0) is 0 Å². The average molecular weight is 325 g/mol. The van der Waals surface area contributed by atoms with Crippen LogP contribution in [0.15, 0.2) is 40.9 Å². The van der Waals surface area contributed by atoms with Crippen molar-refractivity contribution in [1.29, 1.82) is 0 Å². The monoisotopic (exact) mass is 324 g/mol. The predicted octanol–water partition coefficient (Wildman–Crippen LogP) is 4.74. The molecule has 0 aliphatic carbocycles. The van der Waals surface area contributed by atoms with E-state index in [9.17, 15) is 9.50 Å². The summed E-state index contributed by atoms with van der Waals surface area (Å²) in [6, 6.07) is 9.73. The molecular formula is C15H14BrFO2. The normalized spacial score (nSPS) is 12.3. The van der Waals surface area contributed by atoms with Gasteiger partial charge in [0.1, 0.15) is 17.3 Å². The third-order valence-corrected chi connectivity index (χ3v) is 3.29. The molecule has 1 N–H and O–H groups in total. The molecule has 4 heteroatoms. The number of rotatable bonds is 3. The van der Waals surface area contributed by atoms with Crippen LogP contribution in [0.1, 0.15) is 24.2 Å². The number of hydrogen-bond acceptors (Lipinski definition) is 2. The van der Waals surface area contributed by atoms with Crippen LogP contribution in [0, 0.1) is 12.7 Å². The van der Waals surface area contributed by atoms with Crippen molar-refractivity contribution in [2.24, 2.45) is 0 Å². The molecule has 19 heavy (non-hydrogen) atoms. The first kappa shape index (κ1) is 14.0. The van der Waals surface area contributed by atoms with Crippen LogP contribution < -0.4 is 4.74 Å². The molecule has 0 aliphatic heterocycles. The van der Waals surface area contributed by atoms with Crippen molar-refractivity contribution in [1.82, 2.24) is 0 Å². The molecule has 0 saturated carbocycles. The van der Waals surface area contributed by atoms with E-state index in [0.29, 0.717) is 17.1 Å². The number of halogens is 2. The molecular weight excluding hydrogens is 311 g/mol. The Morgan fingerprint density at radius 1 is 1.16 bits per heavy atom. The van der Waals surface area contributed by atoms with Crippen LogP contribution in [0.5, 0.6) is 11.5 Å². The molecule has 2 aromatic carbocycles. The van der Waals surface area contributed by atoms with Gasteiger partial charge in [0.2, 0.25) is 0 Å². The molecule has 1 atom stereocenters. The zero-order valence-electron chi connectivity index (χ0n) is 10.7. The predicted molar refractivity (Wildman–Crippen MR) is 76.0 cm³/mol. The van der Waals surface area contributed by atoms with Crippen LogP contribution in [-0.4, -0.2) is 5.11 Å². The van der Waals surface area contributed by atoms with E-state index in [4.69, 9.17) is 4.74 Å². The first-order valence-electron chi connectivity index (χ1n) is 5.89. The molecule has 2 rings (SSSR count). The largest absolute Gasteiger partial charge is 0.457 e. The molecule has 0 fully saturated rings. The van der Waals surface area contributed by atoms with Crippen molar-refractivity contribution in [2.75, 3.05) is 0 Å². The zero-order chi connectivity index (χ0) is 14.0. The molecule has 0 radical (unpaired) electrons. The second-order valence-electron chi connectivity index (χ2n) is 4.37. The van der Waals surface area contributed by atoms with Gasteiger partial charge in [-0.3, -0.25) is 0 Å². The third kappa shape index (κ3) is 3.33. The zero-order valence-corrected chi connectivity index (χ0v) is 12.2. The number of benzene rings is 2. The minimum atomic E-state index is -0.665. The lowest BCUT2D eigenvalue weighted by Gasteiger charge is -2.15. The molecule has 0 heterocycles. The summed E-state index contributed by atoms with van der Waals surface area (Å²) in [4.78, 5) is 0. The summed E-state index contributed by atoms with van der Waals surface area (Å²) in [7, 11) is 0. The Morgan fingerprint density at radius 2 is 1.89 bits per heavy atom. The van der Waals surface area contributed by atoms with Crippen LogP contribution in [0.2, 0.25) is 0 Å². The second-order valence-corrected chi connectivity index (χ2v) is 5.29. The van der Waals surface area contributed by atoms with Crippen LogP contribution >= 0.6 is 15.9 Å². The summed E-state index contributed by atoms with van der Waals surface area (Å²) in [6.07, 6.45) is -0.665. The maximum absolute atomic E-state index is 13.2. The van der Waals surface area contributed by atoms with Crippen molar-refractivity contribution in [3.8, 4) is 11.5 Å². The molecule has 0 saturated heterocycles. The van der Waals surface area contributed by atoms with E-state index in [2.05, 4.69) is 15.9 Å². The third-order valence-electron chi connectivity index (χ3n) is 2.79. The Hall–Kier alpha value is -1.39. The summed E-state index contributed by atoms with van der Waals surface area (Å²) in [5.41, 5.74) is 1.49. The van der Waals surface area contributed by atoms with Crippen molar-refractivity contribution in [3.63, 3.8) is 0 Å². The Balaban J connectivity index is 2.40. The molecule has 0 aliphatic rings. The van der Waals surface area contributed by atoms with Gasteiger partial charge in [-0.25, -0.2) is 4.39 Å². The highest BCUT2D eigenvalue weighted by molar-refractivity contribution is 9.10. The number of ether oxygens (including phenoxy) is 1. The van der Waals surface area contributed by atoms with Gasteiger partial charge >= 0.3 is 0 Å². The first-order valence-corrected chi connectivity index (χ1v) is 6.68. The summed E-state index contributed by atoms with van der Waals surface area (Å²) < 4.78 is 19.8. The van der Waals surface area contributed by atoms with Gasteiger partial charge in [0, 0.05) is 16.1 Å². The lowest BCUT2D eigenvalue weighted by molar-refractivity contribution is 0.195. The maximum Gasteiger partial charge on any atom is 0.133 e. The summed E-state index contributed by atoms with van der Waals surface area (Å²) in [5.74, 6) is 0.618. The smallest absolute Gasteiger partial charge is 0.133 e. The SMILES string of the molecule is Cc1ccc(F)cc1Oc1ccc(Br)cc1C(C)O. The van der Waals surface area contributed by atoms with Crippen molar-refractivity contribution >= 4 is 15.9 Å². The Labute approximate surface area is 120 Å². The Morgan fingerprint density at radius 3 is 2.58 bits per heavy atom. The minimum absolute atomic E-state index is 0.351. The highest BCUT2D eigenvalue weighted by atomic mass is 79.9. The molecule has 1 unspecified atom stereocenters. The Kier molecular flexibility index (Phi) is 4.22. The summed E-state index contributed by atoms with van der Waals surface area (Å²) in [6.45, 7) is 3.50. The van der Waals surface area contributed by atoms with Crippen LogP contribution in [0.25, 0.3) is 0 Å². The molecule has 0 spiro atoms. The van der Waals surface area contributed by atoms with Gasteiger partial charge in [-0.15, -0.1) is 0 Å². The lowest BCUT2D eigenvalue weighted by Crippen LogP contribution is -1.97. The summed E-state index contributed by atoms with van der Waals surface area (Å²) in [5, 5.41) is 9.76. The number of aryl methyl sites for hydroxylation is 1. The van der Waals surface area contributed by atoms with Gasteiger partial charge in [0.15, 0.2) is 0 Å².